The maximum Gasteiger partial charge on any atom is 0.242 e. The lowest BCUT2D eigenvalue weighted by atomic mass is 9.99. The van der Waals surface area contributed by atoms with Gasteiger partial charge in [0.15, 0.2) is 0 Å². The van der Waals surface area contributed by atoms with Gasteiger partial charge in [-0.15, -0.1) is 0 Å². The third-order valence-electron chi connectivity index (χ3n) is 4.81. The Morgan fingerprint density at radius 3 is 2.68 bits per heavy atom. The second kappa shape index (κ2) is 7.09. The molecule has 0 spiro atoms. The van der Waals surface area contributed by atoms with Crippen molar-refractivity contribution in [2.75, 3.05) is 20.1 Å². The lowest BCUT2D eigenvalue weighted by Gasteiger charge is -2.22. The Morgan fingerprint density at radius 2 is 2.04 bits per heavy atom. The summed E-state index contributed by atoms with van der Waals surface area (Å²) < 4.78 is 5.14. The molecule has 0 aliphatic carbocycles. The number of likely N-dealkylation sites (tertiary alicyclic amines) is 1. The van der Waals surface area contributed by atoms with Crippen LogP contribution >= 0.6 is 0 Å². The minimum Gasteiger partial charge on any atom is -0.361 e. The standard InChI is InChI=1S/C19H23N3O3/c1-13-17(14(2)25-20-13)11-21(3)19(24)12-22-10-16(9-18(22)23)15-7-5-4-6-8-15/h4-8,16H,9-12H2,1-3H3/t16-/m0/s1. The number of carbonyl (C=O) groups excluding carboxylic acids is 2. The zero-order chi connectivity index (χ0) is 18.0. The van der Waals surface area contributed by atoms with E-state index < -0.39 is 0 Å². The normalized spacial score (nSPS) is 17.2. The average Bonchev–Trinajstić information content (AvgIpc) is 3.12. The number of likely N-dealkylation sites (N-methyl/N-ethyl adjacent to an activating group) is 1. The van der Waals surface area contributed by atoms with E-state index in [0.29, 0.717) is 19.5 Å². The lowest BCUT2D eigenvalue weighted by molar-refractivity contribution is -0.137. The first-order valence-electron chi connectivity index (χ1n) is 8.44. The van der Waals surface area contributed by atoms with E-state index in [1.54, 1.807) is 16.8 Å². The van der Waals surface area contributed by atoms with Gasteiger partial charge in [-0.05, 0) is 19.4 Å². The minimum atomic E-state index is -0.0814. The molecule has 25 heavy (non-hydrogen) atoms. The van der Waals surface area contributed by atoms with Gasteiger partial charge in [0.1, 0.15) is 5.76 Å². The van der Waals surface area contributed by atoms with Crippen LogP contribution in [0.25, 0.3) is 0 Å². The minimum absolute atomic E-state index is 0.0351. The van der Waals surface area contributed by atoms with E-state index in [-0.39, 0.29) is 24.3 Å². The molecule has 1 fully saturated rings. The first kappa shape index (κ1) is 17.2. The van der Waals surface area contributed by atoms with E-state index in [4.69, 9.17) is 4.52 Å². The smallest absolute Gasteiger partial charge is 0.242 e. The fourth-order valence-corrected chi connectivity index (χ4v) is 3.21. The predicted molar refractivity (Wildman–Crippen MR) is 92.8 cm³/mol. The summed E-state index contributed by atoms with van der Waals surface area (Å²) in [6, 6.07) is 9.99. The molecular formula is C19H23N3O3. The fourth-order valence-electron chi connectivity index (χ4n) is 3.21. The number of carbonyl (C=O) groups is 2. The Balaban J connectivity index is 1.60. The molecule has 2 amide bonds. The third kappa shape index (κ3) is 3.73. The van der Waals surface area contributed by atoms with Gasteiger partial charge in [0.25, 0.3) is 0 Å². The highest BCUT2D eigenvalue weighted by Crippen LogP contribution is 2.27. The Labute approximate surface area is 147 Å². The number of hydrogen-bond donors (Lipinski definition) is 0. The molecule has 1 aromatic heterocycles. The second-order valence-corrected chi connectivity index (χ2v) is 6.64. The quantitative estimate of drug-likeness (QED) is 0.837. The highest BCUT2D eigenvalue weighted by atomic mass is 16.5. The molecule has 0 bridgehead atoms. The molecule has 1 aromatic carbocycles. The van der Waals surface area contributed by atoms with E-state index in [2.05, 4.69) is 5.16 Å². The summed E-state index contributed by atoms with van der Waals surface area (Å²) in [5.74, 6) is 0.836. The van der Waals surface area contributed by atoms with Crippen LogP contribution in [0.3, 0.4) is 0 Å². The van der Waals surface area contributed by atoms with Gasteiger partial charge in [-0.25, -0.2) is 0 Å². The summed E-state index contributed by atoms with van der Waals surface area (Å²) in [4.78, 5) is 28.1. The van der Waals surface area contributed by atoms with E-state index in [0.717, 1.165) is 22.6 Å². The van der Waals surface area contributed by atoms with Gasteiger partial charge in [0.05, 0.1) is 18.8 Å². The lowest BCUT2D eigenvalue weighted by Crippen LogP contribution is -2.39. The summed E-state index contributed by atoms with van der Waals surface area (Å²) in [5.41, 5.74) is 2.86. The van der Waals surface area contributed by atoms with E-state index in [9.17, 15) is 9.59 Å². The highest BCUT2D eigenvalue weighted by molar-refractivity contribution is 5.86. The first-order chi connectivity index (χ1) is 12.0. The number of nitrogens with zero attached hydrogens (tertiary/aromatic N) is 3. The van der Waals surface area contributed by atoms with Crippen LogP contribution in [0.1, 0.15) is 34.9 Å². The van der Waals surface area contributed by atoms with Gasteiger partial charge in [-0.3, -0.25) is 9.59 Å². The second-order valence-electron chi connectivity index (χ2n) is 6.64. The van der Waals surface area contributed by atoms with Crippen molar-refractivity contribution in [2.45, 2.75) is 32.7 Å². The fraction of sp³-hybridized carbons (Fsp3) is 0.421. The topological polar surface area (TPSA) is 66.7 Å². The number of rotatable bonds is 5. The van der Waals surface area contributed by atoms with E-state index in [1.807, 2.05) is 44.2 Å². The monoisotopic (exact) mass is 341 g/mol. The summed E-state index contributed by atoms with van der Waals surface area (Å²) in [7, 11) is 1.74. The highest BCUT2D eigenvalue weighted by Gasteiger charge is 2.32. The van der Waals surface area contributed by atoms with Crippen molar-refractivity contribution in [2.24, 2.45) is 0 Å². The molecule has 0 saturated carbocycles. The molecule has 1 aliphatic rings. The van der Waals surface area contributed by atoms with Crippen molar-refractivity contribution in [3.63, 3.8) is 0 Å². The van der Waals surface area contributed by atoms with Gasteiger partial charge in [-0.1, -0.05) is 35.5 Å². The largest absolute Gasteiger partial charge is 0.361 e. The molecule has 2 aromatic rings. The number of aromatic nitrogens is 1. The van der Waals surface area contributed by atoms with E-state index in [1.165, 1.54) is 0 Å². The maximum atomic E-state index is 12.5. The number of benzene rings is 1. The van der Waals surface area contributed by atoms with Gasteiger partial charge in [-0.2, -0.15) is 0 Å². The van der Waals surface area contributed by atoms with Crippen molar-refractivity contribution in [3.8, 4) is 0 Å². The summed E-state index contributed by atoms with van der Waals surface area (Å²) in [6.45, 7) is 4.83. The van der Waals surface area contributed by atoms with Crippen LogP contribution in [-0.4, -0.2) is 46.9 Å². The van der Waals surface area contributed by atoms with Crippen LogP contribution in [0, 0.1) is 13.8 Å². The molecule has 1 aliphatic heterocycles. The number of aryl methyl sites for hydroxylation is 2. The Kier molecular flexibility index (Phi) is 4.88. The third-order valence-corrected chi connectivity index (χ3v) is 4.81. The SMILES string of the molecule is Cc1noc(C)c1CN(C)C(=O)CN1C[C@@H](c2ccccc2)CC1=O. The molecule has 0 radical (unpaired) electrons. The molecule has 3 rings (SSSR count). The predicted octanol–water partition coefficient (Wildman–Crippen LogP) is 2.27. The first-order valence-corrected chi connectivity index (χ1v) is 8.44. The average molecular weight is 341 g/mol. The number of amides is 2. The van der Waals surface area contributed by atoms with Crippen LogP contribution in [0.4, 0.5) is 0 Å². The zero-order valence-corrected chi connectivity index (χ0v) is 14.9. The van der Waals surface area contributed by atoms with Crippen molar-refractivity contribution < 1.29 is 14.1 Å². The Morgan fingerprint density at radius 1 is 1.32 bits per heavy atom. The molecule has 1 atom stereocenters. The van der Waals surface area contributed by atoms with Gasteiger partial charge in [0.2, 0.25) is 11.8 Å². The molecule has 0 unspecified atom stereocenters. The van der Waals surface area contributed by atoms with Gasteiger partial charge >= 0.3 is 0 Å². The maximum absolute atomic E-state index is 12.5. The number of hydrogen-bond acceptors (Lipinski definition) is 4. The molecular weight excluding hydrogens is 318 g/mol. The molecule has 1 saturated heterocycles. The van der Waals surface area contributed by atoms with Crippen molar-refractivity contribution in [1.29, 1.82) is 0 Å². The van der Waals surface area contributed by atoms with Crippen LogP contribution in [0.2, 0.25) is 0 Å². The van der Waals surface area contributed by atoms with Crippen LogP contribution in [0.5, 0.6) is 0 Å². The summed E-state index contributed by atoms with van der Waals surface area (Å²) in [5, 5.41) is 3.91. The van der Waals surface area contributed by atoms with Crippen molar-refractivity contribution in [3.05, 3.63) is 52.9 Å². The molecule has 132 valence electrons. The van der Waals surface area contributed by atoms with E-state index >= 15 is 0 Å². The van der Waals surface area contributed by atoms with Crippen molar-refractivity contribution in [1.82, 2.24) is 15.0 Å². The van der Waals surface area contributed by atoms with Crippen LogP contribution in [-0.2, 0) is 16.1 Å². The molecule has 6 nitrogen and oxygen atoms in total. The molecule has 0 N–H and O–H groups in total. The van der Waals surface area contributed by atoms with Gasteiger partial charge < -0.3 is 14.3 Å². The summed E-state index contributed by atoms with van der Waals surface area (Å²) in [6.07, 6.45) is 0.463. The molecule has 2 heterocycles. The molecule has 6 heteroatoms. The Hall–Kier alpha value is -2.63. The van der Waals surface area contributed by atoms with Crippen LogP contribution < -0.4 is 0 Å². The van der Waals surface area contributed by atoms with Crippen LogP contribution in [0.15, 0.2) is 34.9 Å². The van der Waals surface area contributed by atoms with Crippen molar-refractivity contribution >= 4 is 11.8 Å². The van der Waals surface area contributed by atoms with Gasteiger partial charge in [0, 0.05) is 31.5 Å². The Bertz CT molecular complexity index is 750. The zero-order valence-electron chi connectivity index (χ0n) is 14.9. The summed E-state index contributed by atoms with van der Waals surface area (Å²) >= 11 is 0.